The number of sulfonamides is 1. The summed E-state index contributed by atoms with van der Waals surface area (Å²) in [6.07, 6.45) is 0. The van der Waals surface area contributed by atoms with Crippen LogP contribution in [0.2, 0.25) is 5.02 Å². The zero-order valence-corrected chi connectivity index (χ0v) is 16.2. The fourth-order valence-corrected chi connectivity index (χ4v) is 4.81. The van der Waals surface area contributed by atoms with E-state index in [0.29, 0.717) is 10.7 Å². The van der Waals surface area contributed by atoms with Gasteiger partial charge in [-0.25, -0.2) is 13.2 Å². The largest absolute Gasteiger partial charge is 0.465 e. The second kappa shape index (κ2) is 7.10. The number of nitrogens with one attached hydrogen (secondary N) is 1. The van der Waals surface area contributed by atoms with Crippen LogP contribution in [0.15, 0.2) is 46.7 Å². The first-order valence-corrected chi connectivity index (χ1v) is 10.0. The molecule has 2 heterocycles. The minimum absolute atomic E-state index is 0.0140. The van der Waals surface area contributed by atoms with Gasteiger partial charge in [0.1, 0.15) is 15.6 Å². The Labute approximate surface area is 159 Å². The fraction of sp³-hybridized carbons (Fsp3) is 0.125. The molecule has 0 aliphatic rings. The number of hydrogen-bond donors (Lipinski definition) is 1. The molecule has 1 aromatic carbocycles. The number of halogens is 1. The molecule has 0 saturated heterocycles. The molecule has 1 N–H and O–H groups in total. The van der Waals surface area contributed by atoms with Crippen molar-refractivity contribution in [3.63, 3.8) is 0 Å². The normalized spacial score (nSPS) is 11.3. The van der Waals surface area contributed by atoms with Gasteiger partial charge in [0.2, 0.25) is 0 Å². The molecule has 3 rings (SSSR count). The molecule has 0 amide bonds. The third-order valence-corrected chi connectivity index (χ3v) is 6.22. The number of aromatic nitrogens is 2. The predicted molar refractivity (Wildman–Crippen MR) is 100 cm³/mol. The van der Waals surface area contributed by atoms with E-state index in [2.05, 4.69) is 14.6 Å². The lowest BCUT2D eigenvalue weighted by molar-refractivity contribution is 0.0602. The van der Waals surface area contributed by atoms with Crippen LogP contribution in [-0.4, -0.2) is 31.3 Å². The van der Waals surface area contributed by atoms with Crippen molar-refractivity contribution in [1.29, 1.82) is 0 Å². The number of esters is 1. The maximum absolute atomic E-state index is 12.7. The van der Waals surface area contributed by atoms with Crippen molar-refractivity contribution in [2.75, 3.05) is 11.8 Å². The molecule has 0 saturated carbocycles. The van der Waals surface area contributed by atoms with Crippen molar-refractivity contribution in [3.05, 3.63) is 51.7 Å². The number of rotatable bonds is 5. The zero-order chi connectivity index (χ0) is 18.9. The first kappa shape index (κ1) is 18.4. The quantitative estimate of drug-likeness (QED) is 0.650. The number of carbonyl (C=O) groups excluding carboxylic acids is 1. The Kier molecular flexibility index (Phi) is 5.03. The number of carbonyl (C=O) groups is 1. The van der Waals surface area contributed by atoms with Gasteiger partial charge in [0, 0.05) is 23.7 Å². The van der Waals surface area contributed by atoms with E-state index in [0.717, 1.165) is 16.9 Å². The van der Waals surface area contributed by atoms with Crippen molar-refractivity contribution in [3.8, 4) is 11.3 Å². The average Bonchev–Trinajstić information content (AvgIpc) is 3.23. The number of methoxy groups -OCH3 is 1. The molecule has 136 valence electrons. The van der Waals surface area contributed by atoms with E-state index in [1.54, 1.807) is 37.4 Å². The summed E-state index contributed by atoms with van der Waals surface area (Å²) in [6, 6.07) is 9.99. The fourth-order valence-electron chi connectivity index (χ4n) is 2.27. The lowest BCUT2D eigenvalue weighted by Gasteiger charge is -2.07. The van der Waals surface area contributed by atoms with Gasteiger partial charge < -0.3 is 4.74 Å². The van der Waals surface area contributed by atoms with Crippen molar-refractivity contribution < 1.29 is 17.9 Å². The highest BCUT2D eigenvalue weighted by molar-refractivity contribution is 7.93. The Bertz CT molecular complexity index is 1060. The van der Waals surface area contributed by atoms with Crippen LogP contribution in [-0.2, 0) is 21.8 Å². The summed E-state index contributed by atoms with van der Waals surface area (Å²) in [7, 11) is -1.16. The van der Waals surface area contributed by atoms with Gasteiger partial charge in [-0.3, -0.25) is 9.40 Å². The Morgan fingerprint density at radius 2 is 1.96 bits per heavy atom. The van der Waals surface area contributed by atoms with Gasteiger partial charge in [-0.15, -0.1) is 11.3 Å². The molecular weight excluding hydrogens is 398 g/mol. The molecule has 0 aliphatic heterocycles. The first-order chi connectivity index (χ1) is 12.3. The maximum atomic E-state index is 12.7. The second-order valence-electron chi connectivity index (χ2n) is 5.26. The topological polar surface area (TPSA) is 90.3 Å². The number of hydrogen-bond acceptors (Lipinski definition) is 6. The van der Waals surface area contributed by atoms with Gasteiger partial charge in [-0.05, 0) is 23.6 Å². The van der Waals surface area contributed by atoms with Crippen LogP contribution >= 0.6 is 22.9 Å². The number of aryl methyl sites for hydroxylation is 1. The predicted octanol–water partition coefficient (Wildman–Crippen LogP) is 3.39. The van der Waals surface area contributed by atoms with Gasteiger partial charge in [0.05, 0.1) is 12.8 Å². The van der Waals surface area contributed by atoms with Crippen LogP contribution in [0.25, 0.3) is 11.3 Å². The Hall–Kier alpha value is -2.36. The third kappa shape index (κ3) is 3.59. The van der Waals surface area contributed by atoms with Gasteiger partial charge in [-0.2, -0.15) is 5.10 Å². The molecule has 0 atom stereocenters. The standard InChI is InChI=1S/C16H14ClN3O4S2/c1-20-14(9-12(18-20)10-3-5-11(17)6-4-10)19-26(22,23)13-7-8-25-15(13)16(21)24-2/h3-9,19H,1-2H3. The minimum Gasteiger partial charge on any atom is -0.465 e. The number of benzene rings is 1. The van der Waals surface area contributed by atoms with Crippen LogP contribution in [0.5, 0.6) is 0 Å². The van der Waals surface area contributed by atoms with E-state index < -0.39 is 16.0 Å². The molecule has 2 aromatic heterocycles. The highest BCUT2D eigenvalue weighted by atomic mass is 35.5. The lowest BCUT2D eigenvalue weighted by atomic mass is 10.1. The summed E-state index contributed by atoms with van der Waals surface area (Å²) in [5.74, 6) is -0.441. The van der Waals surface area contributed by atoms with Crippen molar-refractivity contribution in [1.82, 2.24) is 9.78 Å². The minimum atomic E-state index is -3.98. The van der Waals surface area contributed by atoms with Gasteiger partial charge >= 0.3 is 5.97 Å². The monoisotopic (exact) mass is 411 g/mol. The number of thiophene rings is 1. The SMILES string of the molecule is COC(=O)c1sccc1S(=O)(=O)Nc1cc(-c2ccc(Cl)cc2)nn1C. The summed E-state index contributed by atoms with van der Waals surface area (Å²) < 4.78 is 33.8. The molecule has 0 unspecified atom stereocenters. The van der Waals surface area contributed by atoms with Crippen LogP contribution in [0, 0.1) is 0 Å². The molecule has 7 nitrogen and oxygen atoms in total. The van der Waals surface area contributed by atoms with Crippen molar-refractivity contribution in [2.45, 2.75) is 4.90 Å². The number of ether oxygens (including phenoxy) is 1. The van der Waals surface area contributed by atoms with Crippen LogP contribution in [0.1, 0.15) is 9.67 Å². The smallest absolute Gasteiger partial charge is 0.349 e. The second-order valence-corrected chi connectivity index (χ2v) is 8.26. The number of nitrogens with zero attached hydrogens (tertiary/aromatic N) is 2. The van der Waals surface area contributed by atoms with E-state index in [1.807, 2.05) is 0 Å². The summed E-state index contributed by atoms with van der Waals surface area (Å²) in [4.78, 5) is 11.6. The Morgan fingerprint density at radius 3 is 2.62 bits per heavy atom. The van der Waals surface area contributed by atoms with Crippen molar-refractivity contribution in [2.24, 2.45) is 7.05 Å². The van der Waals surface area contributed by atoms with E-state index in [9.17, 15) is 13.2 Å². The third-order valence-electron chi connectivity index (χ3n) is 3.55. The summed E-state index contributed by atoms with van der Waals surface area (Å²) in [6.45, 7) is 0. The van der Waals surface area contributed by atoms with E-state index in [4.69, 9.17) is 11.6 Å². The van der Waals surface area contributed by atoms with Gasteiger partial charge in [0.25, 0.3) is 10.0 Å². The highest BCUT2D eigenvalue weighted by Gasteiger charge is 2.26. The average molecular weight is 412 g/mol. The van der Waals surface area contributed by atoms with E-state index in [-0.39, 0.29) is 15.6 Å². The van der Waals surface area contributed by atoms with Gasteiger partial charge in [0.15, 0.2) is 0 Å². The summed E-state index contributed by atoms with van der Waals surface area (Å²) in [5, 5.41) is 6.42. The molecule has 26 heavy (non-hydrogen) atoms. The lowest BCUT2D eigenvalue weighted by Crippen LogP contribution is -2.17. The molecule has 0 aliphatic carbocycles. The van der Waals surface area contributed by atoms with E-state index in [1.165, 1.54) is 23.2 Å². The molecule has 0 fully saturated rings. The summed E-state index contributed by atoms with van der Waals surface area (Å²) >= 11 is 6.88. The zero-order valence-electron chi connectivity index (χ0n) is 13.8. The Balaban J connectivity index is 1.93. The van der Waals surface area contributed by atoms with E-state index >= 15 is 0 Å². The molecule has 0 radical (unpaired) electrons. The highest BCUT2D eigenvalue weighted by Crippen LogP contribution is 2.27. The molecule has 0 spiro atoms. The van der Waals surface area contributed by atoms with Crippen LogP contribution < -0.4 is 4.72 Å². The van der Waals surface area contributed by atoms with Crippen LogP contribution in [0.4, 0.5) is 5.82 Å². The number of anilines is 1. The summed E-state index contributed by atoms with van der Waals surface area (Å²) in [5.41, 5.74) is 1.38. The molecule has 0 bridgehead atoms. The molecule has 10 heteroatoms. The Morgan fingerprint density at radius 1 is 1.27 bits per heavy atom. The van der Waals surface area contributed by atoms with Crippen LogP contribution in [0.3, 0.4) is 0 Å². The first-order valence-electron chi connectivity index (χ1n) is 7.30. The molecular formula is C16H14ClN3O4S2. The van der Waals surface area contributed by atoms with Gasteiger partial charge in [-0.1, -0.05) is 23.7 Å². The molecule has 3 aromatic rings. The van der Waals surface area contributed by atoms with Crippen molar-refractivity contribution >= 4 is 44.7 Å². The maximum Gasteiger partial charge on any atom is 0.349 e.